The van der Waals surface area contributed by atoms with Crippen LogP contribution in [0.15, 0.2) is 24.5 Å². The van der Waals surface area contributed by atoms with Gasteiger partial charge in [-0.3, -0.25) is 4.90 Å². The van der Waals surface area contributed by atoms with Gasteiger partial charge < -0.3 is 4.90 Å². The smallest absolute Gasteiger partial charge is 0.338 e. The molecule has 2 aromatic heterocycles. The summed E-state index contributed by atoms with van der Waals surface area (Å²) in [6.45, 7) is 3.79. The first kappa shape index (κ1) is 15.8. The number of alkyl halides is 3. The van der Waals surface area contributed by atoms with Crippen LogP contribution in [0.4, 0.5) is 19.1 Å². The Kier molecular flexibility index (Phi) is 3.37. The lowest BCUT2D eigenvalue weighted by atomic mass is 10.1. The minimum Gasteiger partial charge on any atom is -0.338 e. The molecule has 0 radical (unpaired) electrons. The number of nitrogens with zero attached hydrogens (tertiary/aromatic N) is 6. The Bertz CT molecular complexity index is 982. The van der Waals surface area contributed by atoms with Crippen LogP contribution in [0.2, 0.25) is 0 Å². The first-order valence-electron chi connectivity index (χ1n) is 8.70. The molecule has 0 spiro atoms. The average Bonchev–Trinajstić information content (AvgIpc) is 3.28. The molecule has 5 rings (SSSR count). The van der Waals surface area contributed by atoms with E-state index in [1.165, 1.54) is 25.2 Å². The zero-order valence-electron chi connectivity index (χ0n) is 13.9. The summed E-state index contributed by atoms with van der Waals surface area (Å²) in [6, 6.07) is 4.10. The van der Waals surface area contributed by atoms with Crippen molar-refractivity contribution in [3.8, 4) is 0 Å². The van der Waals surface area contributed by atoms with Crippen molar-refractivity contribution < 1.29 is 13.2 Å². The predicted molar refractivity (Wildman–Crippen MR) is 90.1 cm³/mol. The van der Waals surface area contributed by atoms with Gasteiger partial charge in [0.15, 0.2) is 5.65 Å². The largest absolute Gasteiger partial charge is 0.416 e. The summed E-state index contributed by atoms with van der Waals surface area (Å²) in [5.41, 5.74) is 0.205. The summed E-state index contributed by atoms with van der Waals surface area (Å²) in [5, 5.41) is 4.59. The van der Waals surface area contributed by atoms with Crippen molar-refractivity contribution in [2.75, 3.05) is 31.1 Å². The van der Waals surface area contributed by atoms with E-state index in [0.717, 1.165) is 38.3 Å². The molecule has 0 bridgehead atoms. The van der Waals surface area contributed by atoms with Crippen molar-refractivity contribution in [1.29, 1.82) is 0 Å². The van der Waals surface area contributed by atoms with Crippen LogP contribution >= 0.6 is 0 Å². The zero-order chi connectivity index (χ0) is 17.9. The zero-order valence-corrected chi connectivity index (χ0v) is 13.9. The molecule has 0 aliphatic carbocycles. The van der Waals surface area contributed by atoms with E-state index < -0.39 is 11.7 Å². The van der Waals surface area contributed by atoms with Crippen molar-refractivity contribution >= 4 is 22.5 Å². The second kappa shape index (κ2) is 5.54. The van der Waals surface area contributed by atoms with E-state index >= 15 is 0 Å². The van der Waals surface area contributed by atoms with Crippen LogP contribution < -0.4 is 4.90 Å². The number of aromatic nitrogens is 4. The Morgan fingerprint density at radius 3 is 2.85 bits per heavy atom. The summed E-state index contributed by atoms with van der Waals surface area (Å²) in [6.07, 6.45) is -0.656. The maximum absolute atomic E-state index is 13.1. The molecular formula is C17H17F3N6. The van der Waals surface area contributed by atoms with E-state index in [2.05, 4.69) is 24.9 Å². The molecule has 0 saturated carbocycles. The highest BCUT2D eigenvalue weighted by atomic mass is 19.4. The van der Waals surface area contributed by atoms with Gasteiger partial charge in [0.05, 0.1) is 11.1 Å². The Labute approximate surface area is 147 Å². The molecule has 6 nitrogen and oxygen atoms in total. The minimum absolute atomic E-state index is 0.362. The van der Waals surface area contributed by atoms with Gasteiger partial charge in [-0.2, -0.15) is 22.8 Å². The molecule has 0 amide bonds. The lowest BCUT2D eigenvalue weighted by Crippen LogP contribution is -2.51. The summed E-state index contributed by atoms with van der Waals surface area (Å²) < 4.78 is 40.7. The van der Waals surface area contributed by atoms with Gasteiger partial charge in [-0.15, -0.1) is 0 Å². The third kappa shape index (κ3) is 2.41. The fourth-order valence-electron chi connectivity index (χ4n) is 4.09. The lowest BCUT2D eigenvalue weighted by Gasteiger charge is -2.37. The SMILES string of the molecule is FC(F)(F)c1ccc2nc(N3CCN4CCCC4C3)n3ncnc3c2c1. The molecule has 9 heteroatoms. The fourth-order valence-corrected chi connectivity index (χ4v) is 4.09. The topological polar surface area (TPSA) is 49.6 Å². The number of fused-ring (bicyclic) bond motifs is 4. The fraction of sp³-hybridized carbons (Fsp3) is 0.471. The lowest BCUT2D eigenvalue weighted by molar-refractivity contribution is -0.137. The first-order chi connectivity index (χ1) is 12.5. The van der Waals surface area contributed by atoms with Gasteiger partial charge in [-0.05, 0) is 37.6 Å². The van der Waals surface area contributed by atoms with Gasteiger partial charge in [-0.25, -0.2) is 9.97 Å². The van der Waals surface area contributed by atoms with E-state index in [4.69, 9.17) is 0 Å². The Balaban J connectivity index is 1.63. The average molecular weight is 362 g/mol. The Morgan fingerprint density at radius 2 is 2.00 bits per heavy atom. The number of anilines is 1. The summed E-state index contributed by atoms with van der Waals surface area (Å²) in [5.74, 6) is 0.649. The van der Waals surface area contributed by atoms with Crippen LogP contribution in [0.25, 0.3) is 16.6 Å². The monoisotopic (exact) mass is 362 g/mol. The molecule has 1 aromatic carbocycles. The number of hydrogen-bond acceptors (Lipinski definition) is 5. The predicted octanol–water partition coefficient (Wildman–Crippen LogP) is 2.58. The number of rotatable bonds is 1. The molecule has 0 N–H and O–H groups in total. The third-order valence-electron chi connectivity index (χ3n) is 5.39. The number of benzene rings is 1. The number of piperazine rings is 1. The normalized spacial score (nSPS) is 21.7. The standard InChI is InChI=1S/C17H17F3N6/c18-17(19,20)11-3-4-14-13(8-11)15-21-10-22-26(15)16(23-14)25-7-6-24-5-1-2-12(24)9-25/h3-4,8,10,12H,1-2,5-7,9H2. The van der Waals surface area contributed by atoms with Crippen molar-refractivity contribution in [2.24, 2.45) is 0 Å². The molecule has 136 valence electrons. The molecule has 3 aromatic rings. The molecule has 1 atom stereocenters. The van der Waals surface area contributed by atoms with E-state index in [1.807, 2.05) is 0 Å². The quantitative estimate of drug-likeness (QED) is 0.666. The van der Waals surface area contributed by atoms with Crippen LogP contribution in [0.3, 0.4) is 0 Å². The minimum atomic E-state index is -4.40. The van der Waals surface area contributed by atoms with Crippen LogP contribution in [0, 0.1) is 0 Å². The summed E-state index contributed by atoms with van der Waals surface area (Å²) in [7, 11) is 0. The molecule has 26 heavy (non-hydrogen) atoms. The van der Waals surface area contributed by atoms with Gasteiger partial charge in [0.2, 0.25) is 5.95 Å². The second-order valence-corrected chi connectivity index (χ2v) is 6.91. The molecule has 1 unspecified atom stereocenters. The molecule has 2 saturated heterocycles. The molecule has 4 heterocycles. The number of hydrogen-bond donors (Lipinski definition) is 0. The summed E-state index contributed by atoms with van der Waals surface area (Å²) >= 11 is 0. The van der Waals surface area contributed by atoms with E-state index in [-0.39, 0.29) is 0 Å². The molecular weight excluding hydrogens is 345 g/mol. The maximum atomic E-state index is 13.1. The van der Waals surface area contributed by atoms with Gasteiger partial charge in [0, 0.05) is 31.1 Å². The van der Waals surface area contributed by atoms with Crippen molar-refractivity contribution in [3.63, 3.8) is 0 Å². The first-order valence-corrected chi connectivity index (χ1v) is 8.70. The Morgan fingerprint density at radius 1 is 1.12 bits per heavy atom. The van der Waals surface area contributed by atoms with Crippen LogP contribution in [-0.4, -0.2) is 56.7 Å². The van der Waals surface area contributed by atoms with Crippen LogP contribution in [0.1, 0.15) is 18.4 Å². The maximum Gasteiger partial charge on any atom is 0.416 e. The van der Waals surface area contributed by atoms with Crippen LogP contribution in [0.5, 0.6) is 0 Å². The van der Waals surface area contributed by atoms with E-state index in [0.29, 0.717) is 28.5 Å². The van der Waals surface area contributed by atoms with E-state index in [9.17, 15) is 13.2 Å². The highest BCUT2D eigenvalue weighted by Gasteiger charge is 2.33. The van der Waals surface area contributed by atoms with Gasteiger partial charge >= 0.3 is 6.18 Å². The highest BCUT2D eigenvalue weighted by molar-refractivity contribution is 5.92. The number of halogens is 3. The van der Waals surface area contributed by atoms with Crippen molar-refractivity contribution in [1.82, 2.24) is 24.5 Å². The second-order valence-electron chi connectivity index (χ2n) is 6.91. The van der Waals surface area contributed by atoms with Gasteiger partial charge in [0.1, 0.15) is 6.33 Å². The van der Waals surface area contributed by atoms with Gasteiger partial charge in [-0.1, -0.05) is 0 Å². The molecule has 2 fully saturated rings. The molecule has 2 aliphatic rings. The van der Waals surface area contributed by atoms with Crippen molar-refractivity contribution in [2.45, 2.75) is 25.1 Å². The van der Waals surface area contributed by atoms with Gasteiger partial charge in [0.25, 0.3) is 0 Å². The third-order valence-corrected chi connectivity index (χ3v) is 5.39. The highest BCUT2D eigenvalue weighted by Crippen LogP contribution is 2.33. The molecule has 2 aliphatic heterocycles. The van der Waals surface area contributed by atoms with E-state index in [1.54, 1.807) is 4.52 Å². The summed E-state index contributed by atoms with van der Waals surface area (Å²) in [4.78, 5) is 13.5. The Hall–Kier alpha value is -2.42. The van der Waals surface area contributed by atoms with Crippen LogP contribution in [-0.2, 0) is 6.18 Å². The van der Waals surface area contributed by atoms with Crippen molar-refractivity contribution in [3.05, 3.63) is 30.1 Å².